The van der Waals surface area contributed by atoms with Crippen molar-refractivity contribution in [1.82, 2.24) is 4.57 Å². The van der Waals surface area contributed by atoms with Crippen molar-refractivity contribution in [2.45, 2.75) is 40.0 Å². The number of anilines is 1. The Labute approximate surface area is 312 Å². The van der Waals surface area contributed by atoms with Crippen LogP contribution in [0.2, 0.25) is 0 Å². The summed E-state index contributed by atoms with van der Waals surface area (Å²) >= 11 is 0. The summed E-state index contributed by atoms with van der Waals surface area (Å²) < 4.78 is 14.3. The van der Waals surface area contributed by atoms with Crippen LogP contribution in [-0.4, -0.2) is 17.7 Å². The van der Waals surface area contributed by atoms with Crippen molar-refractivity contribution in [1.29, 1.82) is 0 Å². The highest BCUT2D eigenvalue weighted by atomic mass is 16.4. The summed E-state index contributed by atoms with van der Waals surface area (Å²) in [7, 11) is 0. The molecule has 9 rings (SSSR count). The van der Waals surface area contributed by atoms with Gasteiger partial charge in [0.1, 0.15) is 11.2 Å². The van der Waals surface area contributed by atoms with Crippen molar-refractivity contribution in [2.75, 3.05) is 18.0 Å². The van der Waals surface area contributed by atoms with Crippen LogP contribution >= 0.6 is 0 Å². The molecule has 0 saturated heterocycles. The van der Waals surface area contributed by atoms with E-state index in [4.69, 9.17) is 8.83 Å². The molecule has 0 N–H and O–H groups in total. The molecule has 0 bridgehead atoms. The summed E-state index contributed by atoms with van der Waals surface area (Å²) in [6.45, 7) is 8.17. The fourth-order valence-corrected chi connectivity index (χ4v) is 8.08. The van der Waals surface area contributed by atoms with Crippen LogP contribution in [-0.2, 0) is 6.42 Å². The Balaban J connectivity index is 1.19. The summed E-state index contributed by atoms with van der Waals surface area (Å²) in [6.07, 6.45) is 3.23. The molecule has 0 saturated carbocycles. The largest absolute Gasteiger partial charge is 0.422 e. The van der Waals surface area contributed by atoms with Crippen LogP contribution in [0.25, 0.3) is 82.5 Å². The quantitative estimate of drug-likeness (QED) is 0.110. The van der Waals surface area contributed by atoms with E-state index in [1.807, 2.05) is 60.7 Å². The molecular weight excluding hydrogens is 669 g/mol. The van der Waals surface area contributed by atoms with Crippen LogP contribution in [0.15, 0.2) is 146 Å². The minimum absolute atomic E-state index is 0.370. The third-order valence-electron chi connectivity index (χ3n) is 10.9. The Morgan fingerprint density at radius 2 is 1.22 bits per heavy atom. The fourth-order valence-electron chi connectivity index (χ4n) is 8.08. The highest BCUT2D eigenvalue weighted by molar-refractivity contribution is 6.11. The van der Waals surface area contributed by atoms with Gasteiger partial charge in [-0.05, 0) is 97.3 Å². The minimum Gasteiger partial charge on any atom is -0.422 e. The number of hydrogen-bond acceptors (Lipinski definition) is 5. The highest BCUT2D eigenvalue weighted by Crippen LogP contribution is 2.38. The molecule has 6 heteroatoms. The van der Waals surface area contributed by atoms with Crippen molar-refractivity contribution in [3.05, 3.63) is 154 Å². The van der Waals surface area contributed by atoms with Gasteiger partial charge in [0.25, 0.3) is 0 Å². The Morgan fingerprint density at radius 3 is 1.91 bits per heavy atom. The molecule has 0 aliphatic carbocycles. The van der Waals surface area contributed by atoms with Crippen molar-refractivity contribution < 1.29 is 8.83 Å². The summed E-state index contributed by atoms with van der Waals surface area (Å²) in [5.74, 6) is 0. The third-order valence-corrected chi connectivity index (χ3v) is 10.9. The van der Waals surface area contributed by atoms with Crippen LogP contribution in [0.1, 0.15) is 39.2 Å². The number of rotatable bonds is 9. The molecule has 0 fully saturated rings. The molecule has 3 aromatic heterocycles. The zero-order valence-electron chi connectivity index (χ0n) is 30.7. The van der Waals surface area contributed by atoms with Gasteiger partial charge in [0.05, 0.1) is 22.2 Å². The summed E-state index contributed by atoms with van der Waals surface area (Å²) in [4.78, 5) is 29.6. The first kappa shape index (κ1) is 33.4. The van der Waals surface area contributed by atoms with Crippen LogP contribution in [0.5, 0.6) is 0 Å². The smallest absolute Gasteiger partial charge is 0.344 e. The lowest BCUT2D eigenvalue weighted by Crippen LogP contribution is -2.21. The number of fused-ring (bicyclic) bond motifs is 7. The topological polar surface area (TPSA) is 68.6 Å². The normalized spacial score (nSPS) is 11.8. The van der Waals surface area contributed by atoms with E-state index in [0.29, 0.717) is 22.3 Å². The SMILES string of the molecule is CCCCc1cccc2c1ccc1cc(-c3ccc4c5ccc(-c6cc7ccc(N(CC)CC)cc7oc6=O)cc5n(-c5ccccc5)c4c3)c(=O)oc12. The van der Waals surface area contributed by atoms with Crippen molar-refractivity contribution in [2.24, 2.45) is 0 Å². The maximum atomic E-state index is 13.8. The zero-order valence-corrected chi connectivity index (χ0v) is 30.7. The van der Waals surface area contributed by atoms with Gasteiger partial charge < -0.3 is 18.3 Å². The Kier molecular flexibility index (Phi) is 8.38. The maximum Gasteiger partial charge on any atom is 0.344 e. The minimum atomic E-state index is -0.379. The molecule has 0 radical (unpaired) electrons. The van der Waals surface area contributed by atoms with Gasteiger partial charge >= 0.3 is 11.3 Å². The van der Waals surface area contributed by atoms with E-state index in [9.17, 15) is 9.59 Å². The molecule has 266 valence electrons. The van der Waals surface area contributed by atoms with Gasteiger partial charge in [-0.25, -0.2) is 9.59 Å². The second kappa shape index (κ2) is 13.5. The lowest BCUT2D eigenvalue weighted by Gasteiger charge is -2.21. The van der Waals surface area contributed by atoms with E-state index in [1.165, 1.54) is 5.56 Å². The van der Waals surface area contributed by atoms with Gasteiger partial charge in [-0.1, -0.05) is 86.1 Å². The number of nitrogens with zero attached hydrogens (tertiary/aromatic N) is 2. The Hall–Kier alpha value is -6.40. The van der Waals surface area contributed by atoms with Gasteiger partial charge in [-0.3, -0.25) is 0 Å². The Morgan fingerprint density at radius 1 is 0.574 bits per heavy atom. The molecule has 6 aromatic carbocycles. The number of benzene rings is 6. The van der Waals surface area contributed by atoms with E-state index < -0.39 is 0 Å². The van der Waals surface area contributed by atoms with Gasteiger partial charge in [-0.15, -0.1) is 0 Å². The fraction of sp³-hybridized carbons (Fsp3) is 0.167. The number of unbranched alkanes of at least 4 members (excludes halogenated alkanes) is 1. The predicted octanol–water partition coefficient (Wildman–Crippen LogP) is 11.7. The number of aromatic nitrogens is 1. The highest BCUT2D eigenvalue weighted by Gasteiger charge is 2.18. The molecule has 0 aliphatic rings. The molecule has 0 aliphatic heterocycles. The van der Waals surface area contributed by atoms with E-state index in [0.717, 1.165) is 98.2 Å². The van der Waals surface area contributed by atoms with Crippen LogP contribution in [0.4, 0.5) is 5.69 Å². The molecule has 3 heterocycles. The van der Waals surface area contributed by atoms with Gasteiger partial charge in [0.15, 0.2) is 0 Å². The van der Waals surface area contributed by atoms with Gasteiger partial charge in [-0.2, -0.15) is 0 Å². The molecule has 9 aromatic rings. The molecule has 54 heavy (non-hydrogen) atoms. The lowest BCUT2D eigenvalue weighted by molar-refractivity contribution is 0.563. The van der Waals surface area contributed by atoms with Crippen molar-refractivity contribution >= 4 is 60.2 Å². The first-order valence-electron chi connectivity index (χ1n) is 18.9. The van der Waals surface area contributed by atoms with Gasteiger partial charge in [0.2, 0.25) is 0 Å². The van der Waals surface area contributed by atoms with Gasteiger partial charge in [0, 0.05) is 57.5 Å². The zero-order chi connectivity index (χ0) is 36.9. The van der Waals surface area contributed by atoms with Crippen molar-refractivity contribution in [3.63, 3.8) is 0 Å². The first-order valence-corrected chi connectivity index (χ1v) is 18.9. The lowest BCUT2D eigenvalue weighted by atomic mass is 9.97. The molecule has 0 spiro atoms. The molecule has 0 atom stereocenters. The van der Waals surface area contributed by atoms with E-state index in [1.54, 1.807) is 0 Å². The van der Waals surface area contributed by atoms with Crippen LogP contribution in [0, 0.1) is 0 Å². The van der Waals surface area contributed by atoms with Crippen LogP contribution < -0.4 is 16.2 Å². The maximum absolute atomic E-state index is 13.8. The first-order chi connectivity index (χ1) is 26.4. The van der Waals surface area contributed by atoms with Crippen molar-refractivity contribution in [3.8, 4) is 27.9 Å². The average Bonchev–Trinajstić information content (AvgIpc) is 3.53. The molecule has 0 amide bonds. The second-order valence-corrected chi connectivity index (χ2v) is 14.0. The standard InChI is InChI=1S/C48H40N2O4/c1-4-7-12-30-13-11-16-40-37(30)22-20-34-26-42(48(52)54-46(34)40)32-19-24-39-38-23-18-31(27-43(38)50(44(39)28-32)35-14-9-8-10-15-35)41-25-33-17-21-36(49(5-2)6-3)29-45(33)53-47(41)51/h8-11,13-29H,4-7,12H2,1-3H3. The number of aryl methyl sites for hydroxylation is 1. The summed E-state index contributed by atoms with van der Waals surface area (Å²) in [5.41, 5.74) is 8.16. The van der Waals surface area contributed by atoms with E-state index >= 15 is 0 Å². The predicted molar refractivity (Wildman–Crippen MR) is 223 cm³/mol. The molecular formula is C48H40N2O4. The number of para-hydroxylation sites is 1. The average molecular weight is 709 g/mol. The Bertz CT molecular complexity index is 3000. The third kappa shape index (κ3) is 5.57. The van der Waals surface area contributed by atoms with E-state index in [2.05, 4.69) is 97.0 Å². The molecule has 6 nitrogen and oxygen atoms in total. The van der Waals surface area contributed by atoms with Crippen LogP contribution in [0.3, 0.4) is 0 Å². The number of hydrogen-bond donors (Lipinski definition) is 0. The summed E-state index contributed by atoms with van der Waals surface area (Å²) in [6, 6.07) is 42.8. The summed E-state index contributed by atoms with van der Waals surface area (Å²) in [5, 5.41) is 5.92. The molecule has 0 unspecified atom stereocenters. The van der Waals surface area contributed by atoms with E-state index in [-0.39, 0.29) is 11.3 Å². The second-order valence-electron chi connectivity index (χ2n) is 14.0. The monoisotopic (exact) mass is 708 g/mol.